The number of furan rings is 1. The molecule has 2 amide bonds. The fourth-order valence-corrected chi connectivity index (χ4v) is 2.97. The van der Waals surface area contributed by atoms with Crippen molar-refractivity contribution < 1.29 is 14.0 Å². The fraction of sp³-hybridized carbons (Fsp3) is 0.368. The molecule has 26 heavy (non-hydrogen) atoms. The van der Waals surface area contributed by atoms with E-state index >= 15 is 0 Å². The molecular weight excluding hydrogens is 354 g/mol. The van der Waals surface area contributed by atoms with E-state index in [1.807, 2.05) is 30.3 Å². The summed E-state index contributed by atoms with van der Waals surface area (Å²) in [5, 5.41) is 9.07. The Balaban J connectivity index is 0.00000243. The molecule has 1 fully saturated rings. The lowest BCUT2D eigenvalue weighted by atomic mass is 10.0. The predicted octanol–water partition coefficient (Wildman–Crippen LogP) is 1.91. The number of hydrogen-bond donors (Lipinski definition) is 3. The van der Waals surface area contributed by atoms with Crippen molar-refractivity contribution in [3.05, 3.63) is 60.1 Å². The van der Waals surface area contributed by atoms with Crippen LogP contribution in [0.25, 0.3) is 0 Å². The van der Waals surface area contributed by atoms with Gasteiger partial charge in [-0.15, -0.1) is 12.4 Å². The molecule has 140 valence electrons. The van der Waals surface area contributed by atoms with Crippen molar-refractivity contribution in [1.82, 2.24) is 16.0 Å². The number of hydrogen-bond acceptors (Lipinski definition) is 4. The van der Waals surface area contributed by atoms with Gasteiger partial charge in [0, 0.05) is 19.0 Å². The quantitative estimate of drug-likeness (QED) is 0.688. The summed E-state index contributed by atoms with van der Waals surface area (Å²) in [4.78, 5) is 24.9. The number of amides is 2. The van der Waals surface area contributed by atoms with Crippen molar-refractivity contribution in [2.45, 2.75) is 31.3 Å². The highest BCUT2D eigenvalue weighted by molar-refractivity contribution is 5.95. The SMILES string of the molecule is Cl.O=C(NC(Cc1ccccc1)C(=O)NCC1CCCN1)c1ccco1. The summed E-state index contributed by atoms with van der Waals surface area (Å²) < 4.78 is 5.11. The molecule has 2 unspecified atom stereocenters. The van der Waals surface area contributed by atoms with Crippen molar-refractivity contribution in [3.8, 4) is 0 Å². The predicted molar refractivity (Wildman–Crippen MR) is 101 cm³/mol. The zero-order chi connectivity index (χ0) is 17.5. The van der Waals surface area contributed by atoms with Gasteiger partial charge in [0.15, 0.2) is 5.76 Å². The normalized spacial score (nSPS) is 17.2. The molecule has 3 N–H and O–H groups in total. The van der Waals surface area contributed by atoms with Crippen molar-refractivity contribution in [2.24, 2.45) is 0 Å². The van der Waals surface area contributed by atoms with Crippen LogP contribution in [0.3, 0.4) is 0 Å². The lowest BCUT2D eigenvalue weighted by Gasteiger charge is -2.19. The Bertz CT molecular complexity index is 685. The van der Waals surface area contributed by atoms with Crippen LogP contribution in [-0.4, -0.2) is 37.0 Å². The minimum Gasteiger partial charge on any atom is -0.459 e. The smallest absolute Gasteiger partial charge is 0.287 e. The van der Waals surface area contributed by atoms with E-state index < -0.39 is 6.04 Å². The Kier molecular flexibility index (Phi) is 7.69. The van der Waals surface area contributed by atoms with E-state index in [0.717, 1.165) is 24.9 Å². The Hall–Kier alpha value is -2.31. The van der Waals surface area contributed by atoms with E-state index in [-0.39, 0.29) is 30.0 Å². The number of benzene rings is 1. The zero-order valence-corrected chi connectivity index (χ0v) is 15.3. The van der Waals surface area contributed by atoms with E-state index in [0.29, 0.717) is 19.0 Å². The second-order valence-electron chi connectivity index (χ2n) is 6.23. The van der Waals surface area contributed by atoms with E-state index in [9.17, 15) is 9.59 Å². The highest BCUT2D eigenvalue weighted by Crippen LogP contribution is 2.07. The minimum atomic E-state index is -0.651. The lowest BCUT2D eigenvalue weighted by molar-refractivity contribution is -0.123. The molecule has 0 aliphatic carbocycles. The molecule has 1 saturated heterocycles. The largest absolute Gasteiger partial charge is 0.459 e. The molecule has 2 heterocycles. The number of nitrogens with one attached hydrogen (secondary N) is 3. The molecule has 1 aromatic heterocycles. The average Bonchev–Trinajstić information content (AvgIpc) is 3.33. The van der Waals surface area contributed by atoms with E-state index in [1.165, 1.54) is 6.26 Å². The molecule has 7 heteroatoms. The maximum atomic E-state index is 12.6. The van der Waals surface area contributed by atoms with Gasteiger partial charge in [0.1, 0.15) is 6.04 Å². The van der Waals surface area contributed by atoms with Gasteiger partial charge in [0.25, 0.3) is 5.91 Å². The van der Waals surface area contributed by atoms with Crippen LogP contribution in [0.4, 0.5) is 0 Å². The van der Waals surface area contributed by atoms with Crippen molar-refractivity contribution >= 4 is 24.2 Å². The van der Waals surface area contributed by atoms with Crippen LogP contribution in [-0.2, 0) is 11.2 Å². The van der Waals surface area contributed by atoms with E-state index in [2.05, 4.69) is 16.0 Å². The van der Waals surface area contributed by atoms with Crippen LogP contribution in [0.5, 0.6) is 0 Å². The summed E-state index contributed by atoms with van der Waals surface area (Å²) in [6, 6.07) is 12.5. The monoisotopic (exact) mass is 377 g/mol. The molecule has 0 saturated carbocycles. The standard InChI is InChI=1S/C19H23N3O3.ClH/c23-18(21-13-15-8-4-10-20-15)16(12-14-6-2-1-3-7-14)22-19(24)17-9-5-11-25-17;/h1-3,5-7,9,11,15-16,20H,4,8,10,12-13H2,(H,21,23)(H,22,24);1H. The lowest BCUT2D eigenvalue weighted by Crippen LogP contribution is -2.50. The van der Waals surface area contributed by atoms with Gasteiger partial charge in [-0.05, 0) is 37.1 Å². The molecule has 0 bridgehead atoms. The molecule has 1 aromatic carbocycles. The van der Waals surface area contributed by atoms with Crippen LogP contribution in [0, 0.1) is 0 Å². The molecule has 0 radical (unpaired) electrons. The van der Waals surface area contributed by atoms with Crippen LogP contribution in [0.2, 0.25) is 0 Å². The van der Waals surface area contributed by atoms with Crippen molar-refractivity contribution in [2.75, 3.05) is 13.1 Å². The van der Waals surface area contributed by atoms with Crippen molar-refractivity contribution in [3.63, 3.8) is 0 Å². The Morgan fingerprint density at radius 3 is 2.65 bits per heavy atom. The van der Waals surface area contributed by atoms with Gasteiger partial charge in [0.05, 0.1) is 6.26 Å². The summed E-state index contributed by atoms with van der Waals surface area (Å²) in [7, 11) is 0. The van der Waals surface area contributed by atoms with Gasteiger partial charge >= 0.3 is 0 Å². The molecule has 2 aromatic rings. The molecule has 3 rings (SSSR count). The summed E-state index contributed by atoms with van der Waals surface area (Å²) in [5.74, 6) is -0.374. The van der Waals surface area contributed by atoms with Crippen LogP contribution in [0.15, 0.2) is 53.1 Å². The highest BCUT2D eigenvalue weighted by atomic mass is 35.5. The number of carbonyl (C=O) groups excluding carboxylic acids is 2. The topological polar surface area (TPSA) is 83.4 Å². The first-order chi connectivity index (χ1) is 12.2. The van der Waals surface area contributed by atoms with Gasteiger partial charge in [-0.1, -0.05) is 30.3 Å². The number of rotatable bonds is 7. The number of halogens is 1. The zero-order valence-electron chi connectivity index (χ0n) is 14.4. The molecule has 1 aliphatic heterocycles. The van der Waals surface area contributed by atoms with E-state index in [4.69, 9.17) is 4.42 Å². The van der Waals surface area contributed by atoms with Gasteiger partial charge < -0.3 is 20.4 Å². The summed E-state index contributed by atoms with van der Waals surface area (Å²) in [6.45, 7) is 1.56. The Morgan fingerprint density at radius 2 is 2.00 bits per heavy atom. The molecule has 1 aliphatic rings. The summed E-state index contributed by atoms with van der Waals surface area (Å²) in [5.41, 5.74) is 0.987. The second-order valence-corrected chi connectivity index (χ2v) is 6.23. The fourth-order valence-electron chi connectivity index (χ4n) is 2.97. The van der Waals surface area contributed by atoms with Crippen LogP contribution < -0.4 is 16.0 Å². The third-order valence-corrected chi connectivity index (χ3v) is 4.33. The third kappa shape index (κ3) is 5.61. The van der Waals surface area contributed by atoms with E-state index in [1.54, 1.807) is 12.1 Å². The Morgan fingerprint density at radius 1 is 1.19 bits per heavy atom. The van der Waals surface area contributed by atoms with Gasteiger partial charge in [-0.2, -0.15) is 0 Å². The molecule has 2 atom stereocenters. The molecule has 0 spiro atoms. The molecule has 6 nitrogen and oxygen atoms in total. The van der Waals surface area contributed by atoms with Crippen molar-refractivity contribution in [1.29, 1.82) is 0 Å². The Labute approximate surface area is 159 Å². The number of carbonyl (C=O) groups is 2. The van der Waals surface area contributed by atoms with Crippen LogP contribution in [0.1, 0.15) is 29.0 Å². The minimum absolute atomic E-state index is 0. The first-order valence-corrected chi connectivity index (χ1v) is 8.62. The first-order valence-electron chi connectivity index (χ1n) is 8.62. The summed E-state index contributed by atoms with van der Waals surface area (Å²) in [6.07, 6.45) is 4.05. The maximum absolute atomic E-state index is 12.6. The average molecular weight is 378 g/mol. The molecular formula is C19H24ClN3O3. The van der Waals surface area contributed by atoms with Gasteiger partial charge in [0.2, 0.25) is 5.91 Å². The van der Waals surface area contributed by atoms with Crippen LogP contribution >= 0.6 is 12.4 Å². The maximum Gasteiger partial charge on any atom is 0.287 e. The third-order valence-electron chi connectivity index (χ3n) is 4.33. The summed E-state index contributed by atoms with van der Waals surface area (Å²) >= 11 is 0. The van der Waals surface area contributed by atoms with Gasteiger partial charge in [-0.3, -0.25) is 9.59 Å². The van der Waals surface area contributed by atoms with Gasteiger partial charge in [-0.25, -0.2) is 0 Å². The first kappa shape index (κ1) is 20.0. The highest BCUT2D eigenvalue weighted by Gasteiger charge is 2.24. The second kappa shape index (κ2) is 9.99.